The van der Waals surface area contributed by atoms with Crippen LogP contribution in [0.3, 0.4) is 0 Å². The minimum Gasteiger partial charge on any atom is -0.496 e. The van der Waals surface area contributed by atoms with Gasteiger partial charge >= 0.3 is 0 Å². The molecule has 5 nitrogen and oxygen atoms in total. The molecule has 0 bridgehead atoms. The van der Waals surface area contributed by atoms with E-state index >= 15 is 0 Å². The van der Waals surface area contributed by atoms with E-state index in [1.165, 1.54) is 11.8 Å². The lowest BCUT2D eigenvalue weighted by atomic mass is 10.2. The Morgan fingerprint density at radius 2 is 2.00 bits per heavy atom. The van der Waals surface area contributed by atoms with Gasteiger partial charge in [0.2, 0.25) is 0 Å². The lowest BCUT2D eigenvalue weighted by Gasteiger charge is -2.14. The van der Waals surface area contributed by atoms with Gasteiger partial charge in [-0.25, -0.2) is 4.98 Å². The molecule has 0 unspecified atom stereocenters. The number of para-hydroxylation sites is 1. The smallest absolute Gasteiger partial charge is 0.262 e. The first-order valence-electron chi connectivity index (χ1n) is 8.99. The number of aromatic nitrogens is 3. The molecule has 0 N–H and O–H groups in total. The second-order valence-corrected chi connectivity index (χ2v) is 7.79. The molecule has 0 saturated carbocycles. The Bertz CT molecular complexity index is 1210. The highest BCUT2D eigenvalue weighted by Crippen LogP contribution is 2.29. The normalized spacial score (nSPS) is 11.0. The molecule has 2 aromatic carbocycles. The molecule has 4 aromatic rings. The maximum atomic E-state index is 13.2. The SMILES string of the molecule is COc1ccc(Cl)cc1CSc1nc2ccccc2c(=O)n1Cc1cccnc1. The lowest BCUT2D eigenvalue weighted by molar-refractivity contribution is 0.411. The molecular formula is C22H18ClN3O2S. The Hall–Kier alpha value is -2.83. The van der Waals surface area contributed by atoms with Crippen LogP contribution >= 0.6 is 23.4 Å². The van der Waals surface area contributed by atoms with E-state index in [1.54, 1.807) is 36.2 Å². The molecule has 0 atom stereocenters. The van der Waals surface area contributed by atoms with Crippen molar-refractivity contribution < 1.29 is 4.74 Å². The van der Waals surface area contributed by atoms with Crippen LogP contribution in [0.25, 0.3) is 10.9 Å². The van der Waals surface area contributed by atoms with E-state index in [1.807, 2.05) is 42.5 Å². The van der Waals surface area contributed by atoms with Crippen molar-refractivity contribution in [2.45, 2.75) is 17.5 Å². The maximum absolute atomic E-state index is 13.2. The fourth-order valence-electron chi connectivity index (χ4n) is 3.07. The van der Waals surface area contributed by atoms with E-state index < -0.39 is 0 Å². The van der Waals surface area contributed by atoms with Gasteiger partial charge in [0.05, 0.1) is 24.6 Å². The molecule has 29 heavy (non-hydrogen) atoms. The number of halogens is 1. The number of rotatable bonds is 6. The Kier molecular flexibility index (Phi) is 5.83. The molecule has 0 amide bonds. The van der Waals surface area contributed by atoms with Crippen molar-refractivity contribution in [1.82, 2.24) is 14.5 Å². The number of pyridine rings is 1. The third-order valence-electron chi connectivity index (χ3n) is 4.49. The zero-order valence-corrected chi connectivity index (χ0v) is 17.3. The molecule has 0 fully saturated rings. The highest BCUT2D eigenvalue weighted by molar-refractivity contribution is 7.98. The molecule has 0 saturated heterocycles. The summed E-state index contributed by atoms with van der Waals surface area (Å²) in [5, 5.41) is 1.88. The van der Waals surface area contributed by atoms with Crippen molar-refractivity contribution >= 4 is 34.3 Å². The summed E-state index contributed by atoms with van der Waals surface area (Å²) in [6.45, 7) is 0.402. The molecule has 146 valence electrons. The van der Waals surface area contributed by atoms with Crippen LogP contribution in [0.4, 0.5) is 0 Å². The average molecular weight is 424 g/mol. The fourth-order valence-corrected chi connectivity index (χ4v) is 4.24. The zero-order valence-electron chi connectivity index (χ0n) is 15.7. The molecule has 7 heteroatoms. The van der Waals surface area contributed by atoms with Gasteiger partial charge in [-0.15, -0.1) is 0 Å². The van der Waals surface area contributed by atoms with Crippen molar-refractivity contribution in [2.24, 2.45) is 0 Å². The highest BCUT2D eigenvalue weighted by atomic mass is 35.5. The van der Waals surface area contributed by atoms with Gasteiger partial charge in [0.25, 0.3) is 5.56 Å². The van der Waals surface area contributed by atoms with Crippen LogP contribution < -0.4 is 10.3 Å². The Labute approximate surface area is 177 Å². The third-order valence-corrected chi connectivity index (χ3v) is 5.75. The van der Waals surface area contributed by atoms with Crippen LogP contribution in [-0.4, -0.2) is 21.6 Å². The number of thioether (sulfide) groups is 1. The van der Waals surface area contributed by atoms with Crippen molar-refractivity contribution in [3.8, 4) is 5.75 Å². The highest BCUT2D eigenvalue weighted by Gasteiger charge is 2.14. The van der Waals surface area contributed by atoms with Gasteiger partial charge in [-0.2, -0.15) is 0 Å². The second kappa shape index (κ2) is 8.68. The first-order chi connectivity index (χ1) is 14.2. The number of ether oxygens (including phenoxy) is 1. The molecular weight excluding hydrogens is 406 g/mol. The Morgan fingerprint density at radius 1 is 1.14 bits per heavy atom. The summed E-state index contributed by atoms with van der Waals surface area (Å²) < 4.78 is 7.13. The third kappa shape index (κ3) is 4.28. The first-order valence-corrected chi connectivity index (χ1v) is 10.4. The molecule has 4 rings (SSSR count). The van der Waals surface area contributed by atoms with Crippen molar-refractivity contribution in [1.29, 1.82) is 0 Å². The monoisotopic (exact) mass is 423 g/mol. The van der Waals surface area contributed by atoms with Crippen LogP contribution in [0.15, 0.2) is 76.9 Å². The summed E-state index contributed by atoms with van der Waals surface area (Å²) in [5.74, 6) is 1.32. The van der Waals surface area contributed by atoms with E-state index in [-0.39, 0.29) is 5.56 Å². The van der Waals surface area contributed by atoms with Crippen molar-refractivity contribution in [3.05, 3.63) is 93.5 Å². The average Bonchev–Trinajstić information content (AvgIpc) is 2.75. The standard InChI is InChI=1S/C22H18ClN3O2S/c1-28-20-9-8-17(23)11-16(20)14-29-22-25-19-7-3-2-6-18(19)21(27)26(22)13-15-5-4-10-24-12-15/h2-12H,13-14H2,1H3. The van der Waals surface area contributed by atoms with Gasteiger partial charge in [0.1, 0.15) is 5.75 Å². The van der Waals surface area contributed by atoms with E-state index in [4.69, 9.17) is 21.3 Å². The minimum atomic E-state index is -0.0694. The fraction of sp³-hybridized carbons (Fsp3) is 0.136. The van der Waals surface area contributed by atoms with Crippen LogP contribution in [0.5, 0.6) is 5.75 Å². The van der Waals surface area contributed by atoms with Crippen molar-refractivity contribution in [3.63, 3.8) is 0 Å². The van der Waals surface area contributed by atoms with E-state index in [0.717, 1.165) is 16.9 Å². The predicted octanol–water partition coefficient (Wildman–Crippen LogP) is 4.79. The van der Waals surface area contributed by atoms with Crippen LogP contribution in [0, 0.1) is 0 Å². The lowest BCUT2D eigenvalue weighted by Crippen LogP contribution is -2.24. The van der Waals surface area contributed by atoms with Gasteiger partial charge in [-0.1, -0.05) is 41.6 Å². The van der Waals surface area contributed by atoms with Gasteiger partial charge < -0.3 is 4.74 Å². The largest absolute Gasteiger partial charge is 0.496 e. The van der Waals surface area contributed by atoms with Crippen LogP contribution in [-0.2, 0) is 12.3 Å². The summed E-state index contributed by atoms with van der Waals surface area (Å²) in [7, 11) is 1.63. The predicted molar refractivity (Wildman–Crippen MR) is 117 cm³/mol. The molecule has 0 spiro atoms. The number of methoxy groups -OCH3 is 1. The molecule has 0 aliphatic heterocycles. The summed E-state index contributed by atoms with van der Waals surface area (Å²) >= 11 is 7.63. The number of fused-ring (bicyclic) bond motifs is 1. The van der Waals surface area contributed by atoms with Crippen LogP contribution in [0.2, 0.25) is 5.02 Å². The summed E-state index contributed by atoms with van der Waals surface area (Å²) in [4.78, 5) is 22.1. The molecule has 2 heterocycles. The summed E-state index contributed by atoms with van der Waals surface area (Å²) in [6.07, 6.45) is 3.47. The number of hydrogen-bond donors (Lipinski definition) is 0. The number of hydrogen-bond acceptors (Lipinski definition) is 5. The molecule has 0 aliphatic rings. The summed E-state index contributed by atoms with van der Waals surface area (Å²) in [5.41, 5.74) is 2.50. The first kappa shape index (κ1) is 19.5. The minimum absolute atomic E-state index is 0.0694. The number of benzene rings is 2. The van der Waals surface area contributed by atoms with Gasteiger partial charge in [0.15, 0.2) is 5.16 Å². The van der Waals surface area contributed by atoms with E-state index in [0.29, 0.717) is 33.4 Å². The van der Waals surface area contributed by atoms with Crippen LogP contribution in [0.1, 0.15) is 11.1 Å². The quantitative estimate of drug-likeness (QED) is 0.329. The zero-order chi connectivity index (χ0) is 20.2. The summed E-state index contributed by atoms with van der Waals surface area (Å²) in [6, 6.07) is 16.7. The number of nitrogens with zero attached hydrogens (tertiary/aromatic N) is 3. The maximum Gasteiger partial charge on any atom is 0.262 e. The molecule has 2 aromatic heterocycles. The second-order valence-electron chi connectivity index (χ2n) is 6.41. The van der Waals surface area contributed by atoms with E-state index in [9.17, 15) is 4.79 Å². The van der Waals surface area contributed by atoms with Gasteiger partial charge in [0, 0.05) is 28.7 Å². The topological polar surface area (TPSA) is 57.0 Å². The van der Waals surface area contributed by atoms with Gasteiger partial charge in [-0.05, 0) is 42.0 Å². The van der Waals surface area contributed by atoms with E-state index in [2.05, 4.69) is 4.98 Å². The molecule has 0 radical (unpaired) electrons. The Balaban J connectivity index is 1.75. The van der Waals surface area contributed by atoms with Gasteiger partial charge in [-0.3, -0.25) is 14.3 Å². The van der Waals surface area contributed by atoms with Crippen molar-refractivity contribution in [2.75, 3.05) is 7.11 Å². The Morgan fingerprint density at radius 3 is 2.79 bits per heavy atom. The molecule has 0 aliphatic carbocycles.